The Morgan fingerprint density at radius 2 is 1.93 bits per heavy atom. The molecule has 1 atom stereocenters. The van der Waals surface area contributed by atoms with Crippen molar-refractivity contribution in [2.24, 2.45) is 0 Å². The van der Waals surface area contributed by atoms with Gasteiger partial charge in [0, 0.05) is 19.6 Å². The molecule has 1 heterocycles. The van der Waals surface area contributed by atoms with Crippen LogP contribution in [0.5, 0.6) is 0 Å². The molecule has 1 N–H and O–H groups in total. The zero-order valence-corrected chi connectivity index (χ0v) is 8.54. The molecule has 15 heavy (non-hydrogen) atoms. The van der Waals surface area contributed by atoms with E-state index in [2.05, 4.69) is 5.32 Å². The van der Waals surface area contributed by atoms with Crippen molar-refractivity contribution in [3.8, 4) is 0 Å². The fraction of sp³-hybridized carbons (Fsp3) is 1.00. The van der Waals surface area contributed by atoms with Crippen LogP contribution in [0.15, 0.2) is 0 Å². The van der Waals surface area contributed by atoms with Crippen LogP contribution in [0, 0.1) is 0 Å². The van der Waals surface area contributed by atoms with Gasteiger partial charge in [-0.2, -0.15) is 13.2 Å². The van der Waals surface area contributed by atoms with E-state index in [9.17, 15) is 22.0 Å². The van der Waals surface area contributed by atoms with Crippen LogP contribution in [0.3, 0.4) is 0 Å². The van der Waals surface area contributed by atoms with Gasteiger partial charge in [-0.15, -0.1) is 12.4 Å². The van der Waals surface area contributed by atoms with Crippen LogP contribution < -0.4 is 5.32 Å². The van der Waals surface area contributed by atoms with E-state index in [1.807, 2.05) is 0 Å². The minimum atomic E-state index is -4.41. The average Bonchev–Trinajstić information content (AvgIpc) is 2.01. The third-order valence-corrected chi connectivity index (χ3v) is 2.07. The average molecular weight is 255 g/mol. The number of hydrogen-bond donors (Lipinski definition) is 1. The SMILES string of the molecule is Cl.FC(F)C1CNCCN1CC(F)(F)F. The van der Waals surface area contributed by atoms with Crippen LogP contribution in [0.25, 0.3) is 0 Å². The van der Waals surface area contributed by atoms with Gasteiger partial charge in [0.25, 0.3) is 6.43 Å². The maximum absolute atomic E-state index is 12.3. The minimum Gasteiger partial charge on any atom is -0.314 e. The van der Waals surface area contributed by atoms with E-state index in [1.165, 1.54) is 0 Å². The van der Waals surface area contributed by atoms with E-state index in [4.69, 9.17) is 0 Å². The number of rotatable bonds is 2. The van der Waals surface area contributed by atoms with Gasteiger partial charge in [-0.05, 0) is 0 Å². The van der Waals surface area contributed by atoms with Crippen LogP contribution in [-0.4, -0.2) is 49.7 Å². The first kappa shape index (κ1) is 14.9. The van der Waals surface area contributed by atoms with Crippen LogP contribution in [-0.2, 0) is 0 Å². The molecule has 1 aliphatic heterocycles. The van der Waals surface area contributed by atoms with Gasteiger partial charge in [0.15, 0.2) is 0 Å². The number of nitrogens with one attached hydrogen (secondary N) is 1. The molecule has 92 valence electrons. The molecule has 1 fully saturated rings. The summed E-state index contributed by atoms with van der Waals surface area (Å²) in [7, 11) is 0. The summed E-state index contributed by atoms with van der Waals surface area (Å²) in [5, 5.41) is 2.64. The van der Waals surface area contributed by atoms with Crippen molar-refractivity contribution >= 4 is 12.4 Å². The molecule has 1 rings (SSSR count). The fourth-order valence-corrected chi connectivity index (χ4v) is 1.44. The van der Waals surface area contributed by atoms with E-state index in [-0.39, 0.29) is 25.5 Å². The number of halogens is 6. The molecule has 0 bridgehead atoms. The second kappa shape index (κ2) is 5.81. The maximum atomic E-state index is 12.3. The lowest BCUT2D eigenvalue weighted by Crippen LogP contribution is -2.56. The van der Waals surface area contributed by atoms with E-state index >= 15 is 0 Å². The molecule has 0 spiro atoms. The molecule has 1 unspecified atom stereocenters. The summed E-state index contributed by atoms with van der Waals surface area (Å²) in [4.78, 5) is 0.779. The molecule has 1 saturated heterocycles. The molecule has 0 aromatic rings. The Labute approximate surface area is 90.2 Å². The zero-order chi connectivity index (χ0) is 10.8. The van der Waals surface area contributed by atoms with Crippen molar-refractivity contribution in [2.75, 3.05) is 26.2 Å². The number of nitrogens with zero attached hydrogens (tertiary/aromatic N) is 1. The summed E-state index contributed by atoms with van der Waals surface area (Å²) in [6.45, 7) is -1.02. The van der Waals surface area contributed by atoms with Crippen molar-refractivity contribution in [2.45, 2.75) is 18.6 Å². The third kappa shape index (κ3) is 4.94. The van der Waals surface area contributed by atoms with Gasteiger partial charge in [0.1, 0.15) is 0 Å². The van der Waals surface area contributed by atoms with Crippen molar-refractivity contribution in [1.29, 1.82) is 0 Å². The van der Waals surface area contributed by atoms with Crippen molar-refractivity contribution in [1.82, 2.24) is 10.2 Å². The Morgan fingerprint density at radius 1 is 1.33 bits per heavy atom. The van der Waals surface area contributed by atoms with Crippen molar-refractivity contribution < 1.29 is 22.0 Å². The topological polar surface area (TPSA) is 15.3 Å². The highest BCUT2D eigenvalue weighted by atomic mass is 35.5. The van der Waals surface area contributed by atoms with Crippen LogP contribution in [0.4, 0.5) is 22.0 Å². The van der Waals surface area contributed by atoms with Gasteiger partial charge in [0.05, 0.1) is 12.6 Å². The minimum absolute atomic E-state index is 0. The van der Waals surface area contributed by atoms with E-state index in [0.717, 1.165) is 4.90 Å². The molecule has 0 radical (unpaired) electrons. The summed E-state index contributed by atoms with van der Waals surface area (Å²) in [5.74, 6) is 0. The first-order valence-electron chi connectivity index (χ1n) is 4.20. The highest BCUT2D eigenvalue weighted by Gasteiger charge is 2.38. The lowest BCUT2D eigenvalue weighted by molar-refractivity contribution is -0.159. The Balaban J connectivity index is 0.00000196. The lowest BCUT2D eigenvalue weighted by atomic mass is 10.2. The molecule has 8 heteroatoms. The summed E-state index contributed by atoms with van der Waals surface area (Å²) in [6.07, 6.45) is -7.16. The predicted molar refractivity (Wildman–Crippen MR) is 47.5 cm³/mol. The van der Waals surface area contributed by atoms with Crippen molar-refractivity contribution in [3.63, 3.8) is 0 Å². The summed E-state index contributed by atoms with van der Waals surface area (Å²) in [6, 6.07) is -1.33. The molecular formula is C7H12ClF5N2. The molecule has 0 amide bonds. The first-order valence-corrected chi connectivity index (χ1v) is 4.20. The number of alkyl halides is 5. The third-order valence-electron chi connectivity index (χ3n) is 2.07. The quantitative estimate of drug-likeness (QED) is 0.752. The molecule has 0 saturated carbocycles. The fourth-order valence-electron chi connectivity index (χ4n) is 1.44. The second-order valence-corrected chi connectivity index (χ2v) is 3.19. The Kier molecular flexibility index (Phi) is 5.76. The normalized spacial score (nSPS) is 24.0. The predicted octanol–water partition coefficient (Wildman–Crippen LogP) is 1.51. The monoisotopic (exact) mass is 254 g/mol. The highest BCUT2D eigenvalue weighted by Crippen LogP contribution is 2.20. The number of piperazine rings is 1. The molecular weight excluding hydrogens is 243 g/mol. The Bertz CT molecular complexity index is 187. The van der Waals surface area contributed by atoms with E-state index < -0.39 is 25.2 Å². The summed E-state index contributed by atoms with van der Waals surface area (Å²) >= 11 is 0. The van der Waals surface area contributed by atoms with Crippen LogP contribution >= 0.6 is 12.4 Å². The summed E-state index contributed by atoms with van der Waals surface area (Å²) < 4.78 is 60.5. The van der Waals surface area contributed by atoms with Gasteiger partial charge in [-0.1, -0.05) is 0 Å². The zero-order valence-electron chi connectivity index (χ0n) is 7.73. The van der Waals surface area contributed by atoms with Gasteiger partial charge in [0.2, 0.25) is 0 Å². The molecule has 0 aliphatic carbocycles. The molecule has 2 nitrogen and oxygen atoms in total. The highest BCUT2D eigenvalue weighted by molar-refractivity contribution is 5.85. The largest absolute Gasteiger partial charge is 0.401 e. The second-order valence-electron chi connectivity index (χ2n) is 3.19. The molecule has 0 aromatic carbocycles. The van der Waals surface area contributed by atoms with Crippen LogP contribution in [0.2, 0.25) is 0 Å². The van der Waals surface area contributed by atoms with Gasteiger partial charge in [-0.25, -0.2) is 8.78 Å². The van der Waals surface area contributed by atoms with Gasteiger partial charge in [-0.3, -0.25) is 4.90 Å². The molecule has 0 aromatic heterocycles. The molecule has 1 aliphatic rings. The summed E-state index contributed by atoms with van der Waals surface area (Å²) in [5.41, 5.74) is 0. The maximum Gasteiger partial charge on any atom is 0.401 e. The number of hydrogen-bond acceptors (Lipinski definition) is 2. The van der Waals surface area contributed by atoms with Crippen molar-refractivity contribution in [3.05, 3.63) is 0 Å². The Hall–Kier alpha value is -0.140. The van der Waals surface area contributed by atoms with Crippen LogP contribution in [0.1, 0.15) is 0 Å². The standard InChI is InChI=1S/C7H11F5N2.ClH/c8-6(9)5-3-13-1-2-14(5)4-7(10,11)12;/h5-6,13H,1-4H2;1H. The lowest BCUT2D eigenvalue weighted by Gasteiger charge is -2.35. The Morgan fingerprint density at radius 3 is 2.40 bits per heavy atom. The van der Waals surface area contributed by atoms with Gasteiger partial charge >= 0.3 is 6.18 Å². The van der Waals surface area contributed by atoms with Gasteiger partial charge < -0.3 is 5.32 Å². The first-order chi connectivity index (χ1) is 6.40. The van der Waals surface area contributed by atoms with E-state index in [0.29, 0.717) is 6.54 Å². The smallest absolute Gasteiger partial charge is 0.314 e. The van der Waals surface area contributed by atoms with E-state index in [1.54, 1.807) is 0 Å².